The Kier molecular flexibility index (Phi) is 8.18. The molecule has 1 aromatic heterocycles. The molecule has 0 saturated heterocycles. The zero-order chi connectivity index (χ0) is 22.9. The van der Waals surface area contributed by atoms with E-state index in [9.17, 15) is 19.1 Å². The molecule has 8 nitrogen and oxygen atoms in total. The van der Waals surface area contributed by atoms with E-state index in [0.29, 0.717) is 5.69 Å². The molecule has 0 saturated carbocycles. The van der Waals surface area contributed by atoms with Gasteiger partial charge < -0.3 is 25.0 Å². The van der Waals surface area contributed by atoms with Gasteiger partial charge in [-0.15, -0.1) is 0 Å². The zero-order valence-electron chi connectivity index (χ0n) is 16.9. The number of aliphatic hydroxyl groups excluding tert-OH is 1. The summed E-state index contributed by atoms with van der Waals surface area (Å²) < 4.78 is 23.6. The molecule has 0 spiro atoms. The summed E-state index contributed by atoms with van der Waals surface area (Å²) in [4.78, 5) is 24.0. The van der Waals surface area contributed by atoms with E-state index in [-0.39, 0.29) is 42.6 Å². The first-order valence-electron chi connectivity index (χ1n) is 9.75. The molecule has 3 aromatic rings. The number of aliphatic hydroxyl groups is 1. The van der Waals surface area contributed by atoms with Crippen LogP contribution in [0.25, 0.3) is 11.3 Å². The van der Waals surface area contributed by atoms with Crippen molar-refractivity contribution in [3.63, 3.8) is 0 Å². The van der Waals surface area contributed by atoms with Crippen LogP contribution >= 0.6 is 11.6 Å². The smallest absolute Gasteiger partial charge is 0.289 e. The van der Waals surface area contributed by atoms with Gasteiger partial charge in [0.1, 0.15) is 17.3 Å². The van der Waals surface area contributed by atoms with Gasteiger partial charge in [-0.05, 0) is 18.6 Å². The van der Waals surface area contributed by atoms with Gasteiger partial charge in [-0.3, -0.25) is 9.59 Å². The SMILES string of the molecule is O=C(COc1ccc(Cl)c(F)c1)NC[C@@H](O)CCNC(=O)c1cc(-c2ccccc2)no1. The number of nitrogens with zero attached hydrogens (tertiary/aromatic N) is 1. The predicted octanol–water partition coefficient (Wildman–Crippen LogP) is 2.81. The van der Waals surface area contributed by atoms with Crippen LogP contribution < -0.4 is 15.4 Å². The van der Waals surface area contributed by atoms with E-state index in [4.69, 9.17) is 20.9 Å². The van der Waals surface area contributed by atoms with Gasteiger partial charge in [0.15, 0.2) is 6.61 Å². The first kappa shape index (κ1) is 23.2. The quantitative estimate of drug-likeness (QED) is 0.428. The predicted molar refractivity (Wildman–Crippen MR) is 115 cm³/mol. The van der Waals surface area contributed by atoms with E-state index in [2.05, 4.69) is 15.8 Å². The molecule has 3 rings (SSSR count). The summed E-state index contributed by atoms with van der Waals surface area (Å²) in [5, 5.41) is 18.9. The van der Waals surface area contributed by atoms with E-state index in [0.717, 1.165) is 11.6 Å². The molecule has 1 heterocycles. The van der Waals surface area contributed by atoms with E-state index in [1.54, 1.807) is 0 Å². The van der Waals surface area contributed by atoms with Crippen molar-refractivity contribution in [1.82, 2.24) is 15.8 Å². The Labute approximate surface area is 188 Å². The Bertz CT molecular complexity index is 1060. The highest BCUT2D eigenvalue weighted by molar-refractivity contribution is 6.30. The Balaban J connectivity index is 1.33. The summed E-state index contributed by atoms with van der Waals surface area (Å²) in [5.74, 6) is -1.38. The molecule has 0 aliphatic heterocycles. The zero-order valence-corrected chi connectivity index (χ0v) is 17.6. The topological polar surface area (TPSA) is 114 Å². The number of ether oxygens (including phenoxy) is 1. The summed E-state index contributed by atoms with van der Waals surface area (Å²) in [7, 11) is 0. The summed E-state index contributed by atoms with van der Waals surface area (Å²) in [6.07, 6.45) is -0.684. The minimum atomic E-state index is -0.887. The second kappa shape index (κ2) is 11.3. The molecule has 2 aromatic carbocycles. The molecule has 0 aliphatic rings. The minimum absolute atomic E-state index is 0.0342. The number of hydrogen-bond acceptors (Lipinski definition) is 6. The first-order chi connectivity index (χ1) is 15.4. The van der Waals surface area contributed by atoms with E-state index < -0.39 is 23.7 Å². The van der Waals surface area contributed by atoms with Gasteiger partial charge >= 0.3 is 0 Å². The number of aromatic nitrogens is 1. The molecule has 1 atom stereocenters. The van der Waals surface area contributed by atoms with Gasteiger partial charge in [0.25, 0.3) is 11.8 Å². The summed E-state index contributed by atoms with van der Waals surface area (Å²) in [6.45, 7) is -0.217. The van der Waals surface area contributed by atoms with Crippen LogP contribution in [0.1, 0.15) is 17.0 Å². The summed E-state index contributed by atoms with van der Waals surface area (Å²) in [5.41, 5.74) is 1.37. The van der Waals surface area contributed by atoms with E-state index in [1.807, 2.05) is 30.3 Å². The molecule has 32 heavy (non-hydrogen) atoms. The lowest BCUT2D eigenvalue weighted by atomic mass is 10.1. The maximum Gasteiger partial charge on any atom is 0.289 e. The second-order valence-corrected chi connectivity index (χ2v) is 7.22. The van der Waals surface area contributed by atoms with Gasteiger partial charge in [-0.25, -0.2) is 4.39 Å². The van der Waals surface area contributed by atoms with Gasteiger partial charge in [0, 0.05) is 30.8 Å². The Hall–Kier alpha value is -3.43. The number of halogens is 2. The third kappa shape index (κ3) is 6.79. The Morgan fingerprint density at radius 2 is 1.94 bits per heavy atom. The van der Waals surface area contributed by atoms with Crippen LogP contribution in [0.2, 0.25) is 5.02 Å². The van der Waals surface area contributed by atoms with Crippen molar-refractivity contribution in [1.29, 1.82) is 0 Å². The molecular formula is C22H21ClFN3O5. The number of amides is 2. The lowest BCUT2D eigenvalue weighted by molar-refractivity contribution is -0.123. The maximum atomic E-state index is 13.3. The van der Waals surface area contributed by atoms with Crippen LogP contribution in [-0.2, 0) is 4.79 Å². The summed E-state index contributed by atoms with van der Waals surface area (Å²) >= 11 is 5.58. The first-order valence-corrected chi connectivity index (χ1v) is 10.1. The monoisotopic (exact) mass is 461 g/mol. The molecule has 2 amide bonds. The van der Waals surface area contributed by atoms with Crippen LogP contribution in [0.5, 0.6) is 5.75 Å². The van der Waals surface area contributed by atoms with Gasteiger partial charge in [-0.2, -0.15) is 0 Å². The lowest BCUT2D eigenvalue weighted by Crippen LogP contribution is -2.37. The maximum absolute atomic E-state index is 13.3. The number of carbonyl (C=O) groups is 2. The number of benzene rings is 2. The van der Waals surface area contributed by atoms with Crippen molar-refractivity contribution in [2.24, 2.45) is 0 Å². The number of nitrogens with one attached hydrogen (secondary N) is 2. The molecule has 0 unspecified atom stereocenters. The van der Waals surface area contributed by atoms with Crippen LogP contribution in [0.4, 0.5) is 4.39 Å². The average molecular weight is 462 g/mol. The van der Waals surface area contributed by atoms with Crippen molar-refractivity contribution < 1.29 is 28.3 Å². The molecule has 3 N–H and O–H groups in total. The van der Waals surface area contributed by atoms with Crippen LogP contribution in [0.3, 0.4) is 0 Å². The van der Waals surface area contributed by atoms with Crippen molar-refractivity contribution in [3.05, 3.63) is 71.2 Å². The van der Waals surface area contributed by atoms with E-state index >= 15 is 0 Å². The fourth-order valence-corrected chi connectivity index (χ4v) is 2.78. The molecule has 0 aliphatic carbocycles. The highest BCUT2D eigenvalue weighted by atomic mass is 35.5. The van der Waals surface area contributed by atoms with Crippen LogP contribution in [-0.4, -0.2) is 47.9 Å². The molecule has 0 bridgehead atoms. The molecular weight excluding hydrogens is 441 g/mol. The minimum Gasteiger partial charge on any atom is -0.484 e. The Morgan fingerprint density at radius 3 is 2.69 bits per heavy atom. The highest BCUT2D eigenvalue weighted by Gasteiger charge is 2.15. The van der Waals surface area contributed by atoms with Crippen molar-refractivity contribution in [2.75, 3.05) is 19.7 Å². The third-order valence-corrected chi connectivity index (χ3v) is 4.67. The third-order valence-electron chi connectivity index (χ3n) is 4.36. The molecule has 168 valence electrons. The summed E-state index contributed by atoms with van der Waals surface area (Å²) in [6, 6.07) is 14.7. The number of hydrogen-bond donors (Lipinski definition) is 3. The molecule has 10 heteroatoms. The largest absolute Gasteiger partial charge is 0.484 e. The van der Waals surface area contributed by atoms with Gasteiger partial charge in [0.05, 0.1) is 11.1 Å². The van der Waals surface area contributed by atoms with Crippen molar-refractivity contribution in [3.8, 4) is 17.0 Å². The Morgan fingerprint density at radius 1 is 1.16 bits per heavy atom. The van der Waals surface area contributed by atoms with Gasteiger partial charge in [0.2, 0.25) is 5.76 Å². The fourth-order valence-electron chi connectivity index (χ4n) is 2.67. The normalized spacial score (nSPS) is 11.6. The molecule has 0 radical (unpaired) electrons. The van der Waals surface area contributed by atoms with Gasteiger partial charge in [-0.1, -0.05) is 47.1 Å². The second-order valence-electron chi connectivity index (χ2n) is 6.81. The number of rotatable bonds is 10. The number of carbonyl (C=O) groups excluding carboxylic acids is 2. The standard InChI is InChI=1S/C22H21ClFN3O5/c23-17-7-6-16(10-18(17)24)31-13-21(29)26-12-15(28)8-9-25-22(30)20-11-19(27-32-20)14-4-2-1-3-5-14/h1-7,10-11,15,28H,8-9,12-13H2,(H,25,30)(H,26,29)/t15-/m0/s1. The fraction of sp³-hybridized carbons (Fsp3) is 0.227. The molecule has 0 fully saturated rings. The lowest BCUT2D eigenvalue weighted by Gasteiger charge is -2.12. The van der Waals surface area contributed by atoms with E-state index in [1.165, 1.54) is 18.2 Å². The average Bonchev–Trinajstić information content (AvgIpc) is 3.29. The van der Waals surface area contributed by atoms with Crippen molar-refractivity contribution >= 4 is 23.4 Å². The van der Waals surface area contributed by atoms with Crippen molar-refractivity contribution in [2.45, 2.75) is 12.5 Å². The highest BCUT2D eigenvalue weighted by Crippen LogP contribution is 2.20. The van der Waals surface area contributed by atoms with Crippen LogP contribution in [0, 0.1) is 5.82 Å². The van der Waals surface area contributed by atoms with Crippen LogP contribution in [0.15, 0.2) is 59.1 Å².